The third-order valence-corrected chi connectivity index (χ3v) is 3.79. The molecule has 0 aliphatic carbocycles. The predicted molar refractivity (Wildman–Crippen MR) is 90.7 cm³/mol. The second-order valence-corrected chi connectivity index (χ2v) is 5.45. The minimum Gasteiger partial charge on any atom is -0.338 e. The van der Waals surface area contributed by atoms with Gasteiger partial charge in [0.2, 0.25) is 0 Å². The Morgan fingerprint density at radius 1 is 0.909 bits per heavy atom. The molecule has 1 aliphatic heterocycles. The molecule has 0 saturated heterocycles. The van der Waals surface area contributed by atoms with Crippen molar-refractivity contribution >= 4 is 34.5 Å². The van der Waals surface area contributed by atoms with Crippen LogP contribution in [0.5, 0.6) is 0 Å². The fourth-order valence-corrected chi connectivity index (χ4v) is 2.71. The summed E-state index contributed by atoms with van der Waals surface area (Å²) in [7, 11) is 0. The summed E-state index contributed by atoms with van der Waals surface area (Å²) in [4.78, 5) is 9.20. The van der Waals surface area contributed by atoms with Crippen LogP contribution in [0, 0.1) is 0 Å². The Balaban J connectivity index is 2.01. The number of fused-ring (bicyclic) bond motifs is 2. The van der Waals surface area contributed by atoms with E-state index in [1.54, 1.807) is 6.20 Å². The van der Waals surface area contributed by atoms with Gasteiger partial charge in [-0.25, -0.2) is 9.98 Å². The number of pyridine rings is 1. The molecule has 106 valence electrons. The first-order valence-electron chi connectivity index (χ1n) is 6.97. The standard InChI is InChI=1S/C18H12ClN3/c19-13-8-9-14-16(11-13)22-18-15(7-4-10-20-18)21-17(14)12-5-2-1-3-6-12/h1-11H,(H,20,22). The highest BCUT2D eigenvalue weighted by atomic mass is 35.5. The van der Waals surface area contributed by atoms with Gasteiger partial charge in [0.1, 0.15) is 5.69 Å². The van der Waals surface area contributed by atoms with Gasteiger partial charge in [0.25, 0.3) is 0 Å². The molecule has 1 N–H and O–H groups in total. The SMILES string of the molecule is Clc1ccc2c(c1)Nc1ncccc1N=C2c1ccccc1. The molecule has 3 nitrogen and oxygen atoms in total. The van der Waals surface area contributed by atoms with Gasteiger partial charge in [-0.1, -0.05) is 41.9 Å². The summed E-state index contributed by atoms with van der Waals surface area (Å²) < 4.78 is 0. The van der Waals surface area contributed by atoms with E-state index in [4.69, 9.17) is 16.6 Å². The Kier molecular flexibility index (Phi) is 3.13. The van der Waals surface area contributed by atoms with Crippen molar-refractivity contribution in [3.63, 3.8) is 0 Å². The van der Waals surface area contributed by atoms with Crippen LogP contribution < -0.4 is 5.32 Å². The minimum atomic E-state index is 0.679. The van der Waals surface area contributed by atoms with E-state index in [9.17, 15) is 0 Å². The van der Waals surface area contributed by atoms with E-state index in [1.165, 1.54) is 0 Å². The molecule has 2 heterocycles. The van der Waals surface area contributed by atoms with Crippen LogP contribution in [0.2, 0.25) is 5.02 Å². The molecular weight excluding hydrogens is 294 g/mol. The average Bonchev–Trinajstić information content (AvgIpc) is 2.71. The summed E-state index contributed by atoms with van der Waals surface area (Å²) in [6, 6.07) is 19.7. The summed E-state index contributed by atoms with van der Waals surface area (Å²) in [6.07, 6.45) is 1.75. The monoisotopic (exact) mass is 305 g/mol. The van der Waals surface area contributed by atoms with Crippen LogP contribution in [0.15, 0.2) is 71.9 Å². The van der Waals surface area contributed by atoms with Crippen LogP contribution in [-0.4, -0.2) is 10.7 Å². The molecular formula is C18H12ClN3. The largest absolute Gasteiger partial charge is 0.338 e. The van der Waals surface area contributed by atoms with E-state index in [2.05, 4.69) is 22.4 Å². The fraction of sp³-hybridized carbons (Fsp3) is 0. The molecule has 0 saturated carbocycles. The summed E-state index contributed by atoms with van der Waals surface area (Å²) in [5, 5.41) is 4.01. The van der Waals surface area contributed by atoms with Gasteiger partial charge >= 0.3 is 0 Å². The van der Waals surface area contributed by atoms with Crippen molar-refractivity contribution in [3.05, 3.63) is 83.0 Å². The van der Waals surface area contributed by atoms with Crippen LogP contribution in [0.25, 0.3) is 0 Å². The lowest BCUT2D eigenvalue weighted by molar-refractivity contribution is 1.30. The van der Waals surface area contributed by atoms with E-state index in [-0.39, 0.29) is 0 Å². The van der Waals surface area contributed by atoms with E-state index in [1.807, 2.05) is 48.5 Å². The Labute approximate surface area is 133 Å². The van der Waals surface area contributed by atoms with Gasteiger partial charge in [-0.05, 0) is 30.3 Å². The second-order valence-electron chi connectivity index (χ2n) is 5.01. The lowest BCUT2D eigenvalue weighted by atomic mass is 10.0. The quantitative estimate of drug-likeness (QED) is 0.539. The number of aromatic nitrogens is 1. The first-order valence-corrected chi connectivity index (χ1v) is 7.35. The first kappa shape index (κ1) is 13.0. The number of aliphatic imine (C=N–C) groups is 1. The summed E-state index contributed by atoms with van der Waals surface area (Å²) in [6.45, 7) is 0. The lowest BCUT2D eigenvalue weighted by Crippen LogP contribution is -2.04. The van der Waals surface area contributed by atoms with Crippen molar-refractivity contribution in [1.82, 2.24) is 4.98 Å². The molecule has 0 radical (unpaired) electrons. The number of halogens is 1. The zero-order valence-corrected chi connectivity index (χ0v) is 12.4. The van der Waals surface area contributed by atoms with Crippen LogP contribution >= 0.6 is 11.6 Å². The Hall–Kier alpha value is -2.65. The van der Waals surface area contributed by atoms with E-state index in [0.717, 1.165) is 34.0 Å². The molecule has 0 fully saturated rings. The molecule has 4 heteroatoms. The maximum Gasteiger partial charge on any atom is 0.156 e. The number of hydrogen-bond acceptors (Lipinski definition) is 3. The Morgan fingerprint density at radius 3 is 2.64 bits per heavy atom. The number of benzene rings is 2. The van der Waals surface area contributed by atoms with Gasteiger partial charge in [0.05, 0.1) is 11.4 Å². The third-order valence-electron chi connectivity index (χ3n) is 3.56. The zero-order valence-electron chi connectivity index (χ0n) is 11.6. The van der Waals surface area contributed by atoms with Crippen LogP contribution in [-0.2, 0) is 0 Å². The molecule has 0 amide bonds. The van der Waals surface area contributed by atoms with Crippen molar-refractivity contribution in [2.24, 2.45) is 4.99 Å². The van der Waals surface area contributed by atoms with E-state index >= 15 is 0 Å². The van der Waals surface area contributed by atoms with Gasteiger partial charge < -0.3 is 5.32 Å². The molecule has 1 aromatic heterocycles. The maximum atomic E-state index is 6.15. The van der Waals surface area contributed by atoms with Crippen molar-refractivity contribution in [2.75, 3.05) is 5.32 Å². The Morgan fingerprint density at radius 2 is 1.77 bits per heavy atom. The number of nitrogens with zero attached hydrogens (tertiary/aromatic N) is 2. The minimum absolute atomic E-state index is 0.679. The van der Waals surface area contributed by atoms with Gasteiger partial charge in [-0.2, -0.15) is 0 Å². The molecule has 0 unspecified atom stereocenters. The highest BCUT2D eigenvalue weighted by molar-refractivity contribution is 6.31. The number of nitrogens with one attached hydrogen (secondary N) is 1. The fourth-order valence-electron chi connectivity index (χ4n) is 2.53. The third kappa shape index (κ3) is 2.26. The summed E-state index contributed by atoms with van der Waals surface area (Å²) in [5.41, 5.74) is 4.70. The van der Waals surface area contributed by atoms with Gasteiger partial charge in [0.15, 0.2) is 5.82 Å². The first-order chi connectivity index (χ1) is 10.8. The molecule has 0 bridgehead atoms. The number of hydrogen-bond donors (Lipinski definition) is 1. The van der Waals surface area contributed by atoms with E-state index < -0.39 is 0 Å². The maximum absolute atomic E-state index is 6.15. The summed E-state index contributed by atoms with van der Waals surface area (Å²) >= 11 is 6.15. The molecule has 1 aliphatic rings. The van der Waals surface area contributed by atoms with Crippen LogP contribution in [0.1, 0.15) is 11.1 Å². The molecule has 4 rings (SSSR count). The molecule has 22 heavy (non-hydrogen) atoms. The normalized spacial score (nSPS) is 12.5. The topological polar surface area (TPSA) is 37.3 Å². The summed E-state index contributed by atoms with van der Waals surface area (Å²) in [5.74, 6) is 0.733. The molecule has 0 spiro atoms. The van der Waals surface area contributed by atoms with Gasteiger partial charge in [-0.3, -0.25) is 0 Å². The number of anilines is 2. The van der Waals surface area contributed by atoms with Gasteiger partial charge in [-0.15, -0.1) is 0 Å². The molecule has 3 aromatic rings. The van der Waals surface area contributed by atoms with Crippen molar-refractivity contribution < 1.29 is 0 Å². The van der Waals surface area contributed by atoms with Crippen LogP contribution in [0.4, 0.5) is 17.2 Å². The van der Waals surface area contributed by atoms with Gasteiger partial charge in [0, 0.05) is 22.3 Å². The predicted octanol–water partition coefficient (Wildman–Crippen LogP) is 4.96. The van der Waals surface area contributed by atoms with Crippen molar-refractivity contribution in [3.8, 4) is 0 Å². The van der Waals surface area contributed by atoms with E-state index in [0.29, 0.717) is 5.02 Å². The smallest absolute Gasteiger partial charge is 0.156 e. The zero-order chi connectivity index (χ0) is 14.9. The lowest BCUT2D eigenvalue weighted by Gasteiger charge is -2.10. The van der Waals surface area contributed by atoms with Crippen molar-refractivity contribution in [1.29, 1.82) is 0 Å². The average molecular weight is 306 g/mol. The number of rotatable bonds is 1. The van der Waals surface area contributed by atoms with Crippen molar-refractivity contribution in [2.45, 2.75) is 0 Å². The molecule has 2 aromatic carbocycles. The highest BCUT2D eigenvalue weighted by Crippen LogP contribution is 2.35. The highest BCUT2D eigenvalue weighted by Gasteiger charge is 2.18. The Bertz CT molecular complexity index is 873. The molecule has 0 atom stereocenters. The second kappa shape index (κ2) is 5.28. The van der Waals surface area contributed by atoms with Crippen LogP contribution in [0.3, 0.4) is 0 Å².